The Labute approximate surface area is 81.2 Å². The first-order valence-electron chi connectivity index (χ1n) is 4.57. The van der Waals surface area contributed by atoms with Crippen molar-refractivity contribution in [3.8, 4) is 0 Å². The summed E-state index contributed by atoms with van der Waals surface area (Å²) in [6, 6.07) is 12.4. The largest absolute Gasteiger partial charge is 0.271 e. The van der Waals surface area contributed by atoms with Crippen LogP contribution >= 0.6 is 0 Å². The Morgan fingerprint density at radius 3 is 2.93 bits per heavy atom. The molecule has 14 heavy (non-hydrogen) atoms. The Morgan fingerprint density at radius 2 is 2.00 bits per heavy atom. The van der Waals surface area contributed by atoms with Crippen LogP contribution in [0.4, 0.5) is 0 Å². The van der Waals surface area contributed by atoms with Crippen molar-refractivity contribution >= 4 is 16.6 Å². The average molecular weight is 184 g/mol. The molecule has 3 nitrogen and oxygen atoms in total. The molecule has 2 aromatic heterocycles. The van der Waals surface area contributed by atoms with Crippen molar-refractivity contribution in [2.45, 2.75) is 0 Å². The van der Waals surface area contributed by atoms with Gasteiger partial charge < -0.3 is 0 Å². The second kappa shape index (κ2) is 2.54. The SMILES string of the molecule is C[n+]1cn2c(ccc3ccccc32)n1. The van der Waals surface area contributed by atoms with Crippen LogP contribution in [-0.2, 0) is 7.05 Å². The fourth-order valence-electron chi connectivity index (χ4n) is 1.77. The molecule has 1 aromatic carbocycles. The van der Waals surface area contributed by atoms with Crippen molar-refractivity contribution < 1.29 is 4.68 Å². The van der Waals surface area contributed by atoms with Crippen molar-refractivity contribution in [1.29, 1.82) is 0 Å². The van der Waals surface area contributed by atoms with E-state index >= 15 is 0 Å². The number of hydrogen-bond acceptors (Lipinski definition) is 1. The molecule has 0 aliphatic carbocycles. The molecule has 0 N–H and O–H groups in total. The molecule has 0 fully saturated rings. The molecule has 0 aliphatic heterocycles. The minimum Gasteiger partial charge on any atom is -0.177 e. The van der Waals surface area contributed by atoms with E-state index in [4.69, 9.17) is 0 Å². The van der Waals surface area contributed by atoms with Gasteiger partial charge in [0.15, 0.2) is 0 Å². The number of pyridine rings is 1. The van der Waals surface area contributed by atoms with Gasteiger partial charge in [-0.25, -0.2) is 0 Å². The summed E-state index contributed by atoms with van der Waals surface area (Å²) >= 11 is 0. The number of hydrogen-bond donors (Lipinski definition) is 0. The maximum absolute atomic E-state index is 4.34. The quantitative estimate of drug-likeness (QED) is 0.483. The molecular formula is C11H10N3+. The van der Waals surface area contributed by atoms with E-state index in [0.29, 0.717) is 0 Å². The lowest BCUT2D eigenvalue weighted by atomic mass is 10.2. The number of aromatic nitrogens is 3. The average Bonchev–Trinajstić information content (AvgIpc) is 2.59. The van der Waals surface area contributed by atoms with Gasteiger partial charge in [-0.15, -0.1) is 4.68 Å². The number of rotatable bonds is 0. The van der Waals surface area contributed by atoms with Crippen LogP contribution in [0.15, 0.2) is 42.7 Å². The van der Waals surface area contributed by atoms with E-state index in [1.165, 1.54) is 10.9 Å². The maximum Gasteiger partial charge on any atom is 0.271 e. The first kappa shape index (κ1) is 7.50. The van der Waals surface area contributed by atoms with Crippen molar-refractivity contribution in [2.24, 2.45) is 7.05 Å². The molecule has 2 heterocycles. The van der Waals surface area contributed by atoms with Crippen LogP contribution in [0.25, 0.3) is 16.6 Å². The van der Waals surface area contributed by atoms with E-state index in [2.05, 4.69) is 27.7 Å². The van der Waals surface area contributed by atoms with Crippen molar-refractivity contribution in [1.82, 2.24) is 9.50 Å². The molecule has 0 atom stereocenters. The Morgan fingerprint density at radius 1 is 1.14 bits per heavy atom. The van der Waals surface area contributed by atoms with E-state index in [-0.39, 0.29) is 0 Å². The van der Waals surface area contributed by atoms with Gasteiger partial charge in [0, 0.05) is 11.5 Å². The second-order valence-corrected chi connectivity index (χ2v) is 3.41. The van der Waals surface area contributed by atoms with Gasteiger partial charge in [0.05, 0.1) is 0 Å². The molecule has 0 unspecified atom stereocenters. The molecule has 0 spiro atoms. The third-order valence-corrected chi connectivity index (χ3v) is 2.40. The molecule has 68 valence electrons. The van der Waals surface area contributed by atoms with Crippen molar-refractivity contribution in [2.75, 3.05) is 0 Å². The van der Waals surface area contributed by atoms with Crippen LogP contribution < -0.4 is 4.68 Å². The van der Waals surface area contributed by atoms with Crippen LogP contribution in [0.2, 0.25) is 0 Å². The number of aryl methyl sites for hydroxylation is 1. The summed E-state index contributed by atoms with van der Waals surface area (Å²) in [4.78, 5) is 0. The molecule has 3 aromatic rings. The standard InChI is InChI=1S/C11H10N3/c1-13-8-14-10-5-3-2-4-9(10)6-7-11(14)12-13/h2-8H,1H3/q+1. The second-order valence-electron chi connectivity index (χ2n) is 3.41. The van der Waals surface area contributed by atoms with Crippen LogP contribution in [-0.4, -0.2) is 9.50 Å². The first-order valence-corrected chi connectivity index (χ1v) is 4.57. The molecule has 0 aliphatic rings. The molecule has 3 heteroatoms. The van der Waals surface area contributed by atoms with Gasteiger partial charge in [-0.2, -0.15) is 4.40 Å². The normalized spacial score (nSPS) is 11.2. The summed E-state index contributed by atoms with van der Waals surface area (Å²) in [7, 11) is 1.93. The number of para-hydroxylation sites is 1. The number of nitrogens with zero attached hydrogens (tertiary/aromatic N) is 3. The predicted octanol–water partition coefficient (Wildman–Crippen LogP) is 1.31. The molecule has 3 rings (SSSR count). The number of fused-ring (bicyclic) bond motifs is 3. The lowest BCUT2D eigenvalue weighted by Gasteiger charge is -1.93. The first-order chi connectivity index (χ1) is 6.84. The Balaban J connectivity index is 2.60. The highest BCUT2D eigenvalue weighted by Gasteiger charge is 2.08. The van der Waals surface area contributed by atoms with Gasteiger partial charge in [0.2, 0.25) is 0 Å². The van der Waals surface area contributed by atoms with E-state index in [0.717, 1.165) is 5.65 Å². The van der Waals surface area contributed by atoms with Gasteiger partial charge in [0.1, 0.15) is 12.6 Å². The molecule has 0 saturated carbocycles. The Kier molecular flexibility index (Phi) is 1.36. The zero-order valence-electron chi connectivity index (χ0n) is 7.88. The zero-order valence-corrected chi connectivity index (χ0v) is 7.88. The van der Waals surface area contributed by atoms with E-state index in [9.17, 15) is 0 Å². The molecule has 0 radical (unpaired) electrons. The van der Waals surface area contributed by atoms with Crippen molar-refractivity contribution in [3.63, 3.8) is 0 Å². The summed E-state index contributed by atoms with van der Waals surface area (Å²) in [6.07, 6.45) is 1.98. The minimum atomic E-state index is 0.978. The van der Waals surface area contributed by atoms with Gasteiger partial charge in [-0.3, -0.25) is 0 Å². The molecule has 0 amide bonds. The fraction of sp³-hybridized carbons (Fsp3) is 0.0909. The van der Waals surface area contributed by atoms with Crippen LogP contribution in [0.1, 0.15) is 0 Å². The van der Waals surface area contributed by atoms with Gasteiger partial charge in [-0.1, -0.05) is 18.2 Å². The highest BCUT2D eigenvalue weighted by atomic mass is 15.3. The Hall–Kier alpha value is -1.90. The van der Waals surface area contributed by atoms with Crippen LogP contribution in [0.5, 0.6) is 0 Å². The lowest BCUT2D eigenvalue weighted by molar-refractivity contribution is -0.727. The fourth-order valence-corrected chi connectivity index (χ4v) is 1.77. The smallest absolute Gasteiger partial charge is 0.177 e. The van der Waals surface area contributed by atoms with E-state index in [1.54, 1.807) is 0 Å². The van der Waals surface area contributed by atoms with Crippen LogP contribution in [0.3, 0.4) is 0 Å². The monoisotopic (exact) mass is 184 g/mol. The highest BCUT2D eigenvalue weighted by molar-refractivity contribution is 5.81. The van der Waals surface area contributed by atoms with E-state index < -0.39 is 0 Å². The summed E-state index contributed by atoms with van der Waals surface area (Å²) in [5.74, 6) is 0. The van der Waals surface area contributed by atoms with Crippen LogP contribution in [0, 0.1) is 0 Å². The van der Waals surface area contributed by atoms with E-state index in [1.807, 2.05) is 36.3 Å². The lowest BCUT2D eigenvalue weighted by Crippen LogP contribution is -2.28. The Bertz CT molecular complexity index is 610. The van der Waals surface area contributed by atoms with Gasteiger partial charge >= 0.3 is 0 Å². The topological polar surface area (TPSA) is 21.2 Å². The van der Waals surface area contributed by atoms with Gasteiger partial charge in [-0.05, 0) is 17.2 Å². The zero-order chi connectivity index (χ0) is 9.54. The molecule has 0 bridgehead atoms. The number of benzene rings is 1. The third-order valence-electron chi connectivity index (χ3n) is 2.40. The maximum atomic E-state index is 4.34. The highest BCUT2D eigenvalue weighted by Crippen LogP contribution is 2.14. The summed E-state index contributed by atoms with van der Waals surface area (Å²) in [6.45, 7) is 0. The predicted molar refractivity (Wildman–Crippen MR) is 53.9 cm³/mol. The summed E-state index contributed by atoms with van der Waals surface area (Å²) < 4.78 is 3.91. The summed E-state index contributed by atoms with van der Waals surface area (Å²) in [5, 5.41) is 5.58. The molecule has 0 saturated heterocycles. The molecular weight excluding hydrogens is 174 g/mol. The third kappa shape index (κ3) is 0.923. The minimum absolute atomic E-state index is 0.978. The van der Waals surface area contributed by atoms with Crippen molar-refractivity contribution in [3.05, 3.63) is 42.7 Å². The van der Waals surface area contributed by atoms with Gasteiger partial charge in [0.25, 0.3) is 12.0 Å². The summed E-state index contributed by atoms with van der Waals surface area (Å²) in [5.41, 5.74) is 2.17.